The van der Waals surface area contributed by atoms with Crippen LogP contribution >= 0.6 is 0 Å². The lowest BCUT2D eigenvalue weighted by Gasteiger charge is -2.07. The second kappa shape index (κ2) is 9.17. The number of nitrogens with one attached hydrogen (secondary N) is 2. The third-order valence-corrected chi connectivity index (χ3v) is 3.09. The van der Waals surface area contributed by atoms with E-state index in [1.165, 1.54) is 0 Å². The van der Waals surface area contributed by atoms with E-state index < -0.39 is 5.91 Å². The number of hydrazone groups is 1. The van der Waals surface area contributed by atoms with E-state index in [1.54, 1.807) is 37.5 Å². The Hall–Kier alpha value is -3.22. The van der Waals surface area contributed by atoms with Crippen molar-refractivity contribution in [2.45, 2.75) is 20.3 Å². The zero-order valence-electron chi connectivity index (χ0n) is 14.2. The molecule has 2 rings (SSSR count). The smallest absolute Gasteiger partial charge is 0.277 e. The van der Waals surface area contributed by atoms with Gasteiger partial charge in [-0.05, 0) is 43.7 Å². The molecule has 0 aliphatic heterocycles. The van der Waals surface area contributed by atoms with Crippen LogP contribution in [0.15, 0.2) is 53.9 Å². The molecule has 0 aliphatic rings. The van der Waals surface area contributed by atoms with Crippen LogP contribution in [-0.2, 0) is 9.59 Å². The lowest BCUT2D eigenvalue weighted by Crippen LogP contribution is -2.26. The van der Waals surface area contributed by atoms with Crippen molar-refractivity contribution in [2.24, 2.45) is 5.10 Å². The van der Waals surface area contributed by atoms with Crippen LogP contribution in [0.1, 0.15) is 18.9 Å². The quantitative estimate of drug-likeness (QED) is 0.597. The topological polar surface area (TPSA) is 92.7 Å². The molecule has 25 heavy (non-hydrogen) atoms. The number of amides is 2. The first kappa shape index (κ1) is 18.1. The molecule has 0 radical (unpaired) electrons. The lowest BCUT2D eigenvalue weighted by atomic mass is 10.2. The Morgan fingerprint density at radius 2 is 2.04 bits per heavy atom. The van der Waals surface area contributed by atoms with Gasteiger partial charge in [0.1, 0.15) is 5.75 Å². The molecule has 0 fully saturated rings. The van der Waals surface area contributed by atoms with Crippen LogP contribution in [0.2, 0.25) is 0 Å². The van der Waals surface area contributed by atoms with Crippen molar-refractivity contribution in [1.29, 1.82) is 0 Å². The zero-order chi connectivity index (χ0) is 18.1. The average Bonchev–Trinajstić information content (AvgIpc) is 2.59. The van der Waals surface area contributed by atoms with Crippen LogP contribution in [0.3, 0.4) is 0 Å². The fraction of sp³-hybridized carbons (Fsp3) is 0.222. The number of hydrogen-bond acceptors (Lipinski definition) is 5. The van der Waals surface area contributed by atoms with Gasteiger partial charge in [0, 0.05) is 11.9 Å². The van der Waals surface area contributed by atoms with Gasteiger partial charge in [-0.1, -0.05) is 12.1 Å². The molecule has 2 N–H and O–H groups in total. The maximum atomic E-state index is 11.9. The van der Waals surface area contributed by atoms with Crippen molar-refractivity contribution in [3.63, 3.8) is 0 Å². The van der Waals surface area contributed by atoms with Gasteiger partial charge in [0.15, 0.2) is 6.61 Å². The number of pyridine rings is 1. The van der Waals surface area contributed by atoms with Crippen molar-refractivity contribution in [1.82, 2.24) is 10.4 Å². The molecule has 7 nitrogen and oxygen atoms in total. The number of aryl methyl sites for hydroxylation is 1. The number of ether oxygens (including phenoxy) is 1. The predicted molar refractivity (Wildman–Crippen MR) is 95.4 cm³/mol. The number of anilines is 1. The number of nitrogens with zero attached hydrogens (tertiary/aromatic N) is 2. The van der Waals surface area contributed by atoms with Crippen molar-refractivity contribution >= 4 is 23.2 Å². The monoisotopic (exact) mass is 340 g/mol. The number of rotatable bonds is 7. The number of carbonyl (C=O) groups is 2. The third-order valence-electron chi connectivity index (χ3n) is 3.09. The lowest BCUT2D eigenvalue weighted by molar-refractivity contribution is -0.123. The van der Waals surface area contributed by atoms with E-state index in [2.05, 4.69) is 20.8 Å². The molecular weight excluding hydrogens is 320 g/mol. The zero-order valence-corrected chi connectivity index (χ0v) is 14.2. The molecule has 7 heteroatoms. The van der Waals surface area contributed by atoms with Gasteiger partial charge in [0.05, 0.1) is 18.3 Å². The molecule has 0 spiro atoms. The summed E-state index contributed by atoms with van der Waals surface area (Å²) in [7, 11) is 0. The maximum Gasteiger partial charge on any atom is 0.277 e. The largest absolute Gasteiger partial charge is 0.484 e. The molecule has 0 atom stereocenters. The molecule has 1 aromatic heterocycles. The summed E-state index contributed by atoms with van der Waals surface area (Å²) in [5, 5.41) is 6.59. The van der Waals surface area contributed by atoms with E-state index in [-0.39, 0.29) is 18.9 Å². The molecule has 0 unspecified atom stereocenters. The van der Waals surface area contributed by atoms with Gasteiger partial charge in [0.25, 0.3) is 5.91 Å². The number of carbonyl (C=O) groups excluding carboxylic acids is 2. The second-order valence-corrected chi connectivity index (χ2v) is 5.45. The van der Waals surface area contributed by atoms with Crippen LogP contribution in [-0.4, -0.2) is 29.1 Å². The Balaban J connectivity index is 1.74. The molecule has 2 amide bonds. The molecule has 0 saturated carbocycles. The van der Waals surface area contributed by atoms with Crippen molar-refractivity contribution in [3.05, 3.63) is 54.4 Å². The summed E-state index contributed by atoms with van der Waals surface area (Å²) in [6.07, 6.45) is 3.24. The summed E-state index contributed by atoms with van der Waals surface area (Å²) in [6.45, 7) is 3.45. The van der Waals surface area contributed by atoms with Gasteiger partial charge >= 0.3 is 0 Å². The molecule has 1 aromatic carbocycles. The van der Waals surface area contributed by atoms with E-state index in [9.17, 15) is 9.59 Å². The first-order valence-electron chi connectivity index (χ1n) is 7.74. The molecule has 0 bridgehead atoms. The van der Waals surface area contributed by atoms with Crippen LogP contribution in [0.25, 0.3) is 0 Å². The molecule has 1 heterocycles. The molecule has 0 aliphatic carbocycles. The van der Waals surface area contributed by atoms with Crippen molar-refractivity contribution < 1.29 is 14.3 Å². The highest BCUT2D eigenvalue weighted by molar-refractivity contribution is 6.05. The van der Waals surface area contributed by atoms with Crippen LogP contribution < -0.4 is 15.5 Å². The first-order valence-corrected chi connectivity index (χ1v) is 7.74. The Bertz CT molecular complexity index is 760. The molecule has 130 valence electrons. The highest BCUT2D eigenvalue weighted by Crippen LogP contribution is 2.11. The van der Waals surface area contributed by atoms with Gasteiger partial charge in [-0.25, -0.2) is 5.43 Å². The average molecular weight is 340 g/mol. The Morgan fingerprint density at radius 1 is 1.20 bits per heavy atom. The van der Waals surface area contributed by atoms with Gasteiger partial charge in [0.2, 0.25) is 5.91 Å². The fourth-order valence-corrected chi connectivity index (χ4v) is 1.96. The second-order valence-electron chi connectivity index (χ2n) is 5.45. The minimum absolute atomic E-state index is 0.0634. The summed E-state index contributed by atoms with van der Waals surface area (Å²) in [5.74, 6) is -0.0141. The first-order chi connectivity index (χ1) is 12.0. The van der Waals surface area contributed by atoms with Crippen LogP contribution in [0.4, 0.5) is 5.69 Å². The summed E-state index contributed by atoms with van der Waals surface area (Å²) >= 11 is 0. The summed E-state index contributed by atoms with van der Waals surface area (Å²) in [4.78, 5) is 27.5. The summed E-state index contributed by atoms with van der Waals surface area (Å²) < 4.78 is 5.37. The fourth-order valence-electron chi connectivity index (χ4n) is 1.96. The van der Waals surface area contributed by atoms with Crippen molar-refractivity contribution in [3.8, 4) is 5.75 Å². The molecule has 0 saturated heterocycles. The Labute approximate surface area is 146 Å². The van der Waals surface area contributed by atoms with Gasteiger partial charge in [-0.15, -0.1) is 0 Å². The highest BCUT2D eigenvalue weighted by atomic mass is 16.5. The predicted octanol–water partition coefficient (Wildman–Crippen LogP) is 2.29. The van der Waals surface area contributed by atoms with E-state index >= 15 is 0 Å². The number of aromatic nitrogens is 1. The van der Waals surface area contributed by atoms with E-state index in [0.717, 1.165) is 5.56 Å². The van der Waals surface area contributed by atoms with E-state index in [1.807, 2.05) is 25.1 Å². The Kier molecular flexibility index (Phi) is 6.65. The normalized spacial score (nSPS) is 10.9. The van der Waals surface area contributed by atoms with Crippen molar-refractivity contribution in [2.75, 3.05) is 11.9 Å². The number of benzene rings is 1. The third kappa shape index (κ3) is 6.82. The molecule has 2 aromatic rings. The van der Waals surface area contributed by atoms with E-state index in [0.29, 0.717) is 17.1 Å². The van der Waals surface area contributed by atoms with E-state index in [4.69, 9.17) is 4.74 Å². The summed E-state index contributed by atoms with van der Waals surface area (Å²) in [5.41, 5.74) is 4.50. The summed E-state index contributed by atoms with van der Waals surface area (Å²) in [6, 6.07) is 10.9. The van der Waals surface area contributed by atoms with Gasteiger partial charge < -0.3 is 10.1 Å². The highest BCUT2D eigenvalue weighted by Gasteiger charge is 2.06. The maximum absolute atomic E-state index is 11.9. The standard InChI is InChI=1S/C18H20N4O3/c1-13-5-3-7-16(9-13)25-12-18(24)22-21-14(2)10-17(23)20-15-6-4-8-19-11-15/h3-9,11H,10,12H2,1-2H3,(H,20,23)(H,22,24)/b21-14+. The number of hydrogen-bond donors (Lipinski definition) is 2. The van der Waals surface area contributed by atoms with Crippen LogP contribution in [0, 0.1) is 6.92 Å². The minimum atomic E-state index is -0.395. The minimum Gasteiger partial charge on any atom is -0.484 e. The Morgan fingerprint density at radius 3 is 2.76 bits per heavy atom. The van der Waals surface area contributed by atoms with Gasteiger partial charge in [-0.3, -0.25) is 14.6 Å². The SMILES string of the molecule is C/C(CC(=O)Nc1cccnc1)=N\NC(=O)COc1cccc(C)c1. The van der Waals surface area contributed by atoms with Crippen LogP contribution in [0.5, 0.6) is 5.75 Å². The molecular formula is C18H20N4O3. The van der Waals surface area contributed by atoms with Gasteiger partial charge in [-0.2, -0.15) is 5.10 Å².